The molecule has 3 nitrogen and oxygen atoms in total. The molecule has 90 valence electrons. The van der Waals surface area contributed by atoms with E-state index in [9.17, 15) is 0 Å². The van der Waals surface area contributed by atoms with Crippen LogP contribution in [0.3, 0.4) is 0 Å². The van der Waals surface area contributed by atoms with Gasteiger partial charge in [0.25, 0.3) is 0 Å². The maximum atomic E-state index is 5.70. The van der Waals surface area contributed by atoms with Gasteiger partial charge in [0.05, 0.1) is 6.10 Å². The summed E-state index contributed by atoms with van der Waals surface area (Å²) in [6.45, 7) is 7.68. The second-order valence-corrected chi connectivity index (χ2v) is 5.41. The molecule has 1 aliphatic rings. The summed E-state index contributed by atoms with van der Waals surface area (Å²) in [5, 5.41) is 3.59. The van der Waals surface area contributed by atoms with E-state index in [1.54, 1.807) is 7.11 Å². The molecule has 1 fully saturated rings. The SMILES string of the molecule is COC1CC(NCCCC(C)N)C1(C)C. The van der Waals surface area contributed by atoms with Gasteiger partial charge in [0.1, 0.15) is 0 Å². The molecule has 15 heavy (non-hydrogen) atoms. The third-order valence-corrected chi connectivity index (χ3v) is 3.69. The summed E-state index contributed by atoms with van der Waals surface area (Å²) in [5.41, 5.74) is 5.99. The minimum absolute atomic E-state index is 0.281. The summed E-state index contributed by atoms with van der Waals surface area (Å²) in [5.74, 6) is 0. The average molecular weight is 214 g/mol. The van der Waals surface area contributed by atoms with Crippen molar-refractivity contribution in [2.75, 3.05) is 13.7 Å². The molecule has 0 heterocycles. The molecule has 0 aromatic rings. The third-order valence-electron chi connectivity index (χ3n) is 3.69. The van der Waals surface area contributed by atoms with Crippen LogP contribution in [0.4, 0.5) is 0 Å². The van der Waals surface area contributed by atoms with Crippen molar-refractivity contribution in [2.45, 2.75) is 58.2 Å². The van der Waals surface area contributed by atoms with Gasteiger partial charge in [-0.1, -0.05) is 13.8 Å². The molecular weight excluding hydrogens is 188 g/mol. The Morgan fingerprint density at radius 3 is 2.67 bits per heavy atom. The Balaban J connectivity index is 2.14. The molecule has 3 unspecified atom stereocenters. The minimum atomic E-state index is 0.281. The molecule has 3 heteroatoms. The highest BCUT2D eigenvalue weighted by Gasteiger charge is 2.47. The Morgan fingerprint density at radius 2 is 2.20 bits per heavy atom. The predicted molar refractivity (Wildman–Crippen MR) is 63.9 cm³/mol. The van der Waals surface area contributed by atoms with Gasteiger partial charge in [-0.2, -0.15) is 0 Å². The van der Waals surface area contributed by atoms with Crippen LogP contribution in [0.2, 0.25) is 0 Å². The maximum absolute atomic E-state index is 5.70. The van der Waals surface area contributed by atoms with E-state index in [0.717, 1.165) is 19.4 Å². The van der Waals surface area contributed by atoms with Gasteiger partial charge in [0.15, 0.2) is 0 Å². The lowest BCUT2D eigenvalue weighted by molar-refractivity contribution is -0.0973. The summed E-state index contributed by atoms with van der Waals surface area (Å²) in [4.78, 5) is 0. The molecule has 0 aliphatic heterocycles. The van der Waals surface area contributed by atoms with Crippen LogP contribution >= 0.6 is 0 Å². The molecule has 1 rings (SSSR count). The Hall–Kier alpha value is -0.120. The Labute approximate surface area is 93.8 Å². The van der Waals surface area contributed by atoms with Gasteiger partial charge < -0.3 is 15.8 Å². The second-order valence-electron chi connectivity index (χ2n) is 5.41. The molecule has 0 bridgehead atoms. The highest BCUT2D eigenvalue weighted by molar-refractivity contribution is 5.02. The summed E-state index contributed by atoms with van der Waals surface area (Å²) >= 11 is 0. The van der Waals surface area contributed by atoms with Crippen molar-refractivity contribution in [1.29, 1.82) is 0 Å². The normalized spacial score (nSPS) is 31.0. The molecule has 3 N–H and O–H groups in total. The fourth-order valence-electron chi connectivity index (χ4n) is 2.33. The Bertz CT molecular complexity index is 192. The van der Waals surface area contributed by atoms with Crippen molar-refractivity contribution in [3.8, 4) is 0 Å². The maximum Gasteiger partial charge on any atom is 0.0652 e. The van der Waals surface area contributed by atoms with Crippen molar-refractivity contribution in [1.82, 2.24) is 5.32 Å². The Morgan fingerprint density at radius 1 is 1.53 bits per heavy atom. The zero-order valence-corrected chi connectivity index (χ0v) is 10.5. The minimum Gasteiger partial charge on any atom is -0.381 e. The van der Waals surface area contributed by atoms with Crippen LogP contribution in [0.1, 0.15) is 40.0 Å². The first-order valence-electron chi connectivity index (χ1n) is 6.00. The van der Waals surface area contributed by atoms with E-state index in [4.69, 9.17) is 10.5 Å². The average Bonchev–Trinajstić information content (AvgIpc) is 2.15. The van der Waals surface area contributed by atoms with Gasteiger partial charge in [-0.3, -0.25) is 0 Å². The molecule has 0 spiro atoms. The van der Waals surface area contributed by atoms with E-state index in [1.165, 1.54) is 6.42 Å². The lowest BCUT2D eigenvalue weighted by Crippen LogP contribution is -2.60. The van der Waals surface area contributed by atoms with Crippen molar-refractivity contribution in [3.05, 3.63) is 0 Å². The van der Waals surface area contributed by atoms with Crippen LogP contribution in [0, 0.1) is 5.41 Å². The molecule has 0 amide bonds. The highest BCUT2D eigenvalue weighted by atomic mass is 16.5. The van der Waals surface area contributed by atoms with Crippen LogP contribution in [-0.4, -0.2) is 31.8 Å². The molecule has 3 atom stereocenters. The summed E-state index contributed by atoms with van der Waals surface area (Å²) in [6, 6.07) is 0.934. The lowest BCUT2D eigenvalue weighted by atomic mass is 9.64. The van der Waals surface area contributed by atoms with Crippen LogP contribution in [-0.2, 0) is 4.74 Å². The van der Waals surface area contributed by atoms with Gasteiger partial charge >= 0.3 is 0 Å². The number of hydrogen-bond donors (Lipinski definition) is 2. The summed E-state index contributed by atoms with van der Waals surface area (Å²) in [7, 11) is 1.80. The first kappa shape index (κ1) is 12.9. The van der Waals surface area contributed by atoms with E-state index in [0.29, 0.717) is 18.2 Å². The van der Waals surface area contributed by atoms with E-state index in [1.807, 2.05) is 0 Å². The monoisotopic (exact) mass is 214 g/mol. The highest BCUT2D eigenvalue weighted by Crippen LogP contribution is 2.42. The first-order valence-corrected chi connectivity index (χ1v) is 6.00. The fourth-order valence-corrected chi connectivity index (χ4v) is 2.33. The number of methoxy groups -OCH3 is 1. The van der Waals surface area contributed by atoms with Crippen LogP contribution in [0.25, 0.3) is 0 Å². The quantitative estimate of drug-likeness (QED) is 0.659. The van der Waals surface area contributed by atoms with Crippen molar-refractivity contribution >= 4 is 0 Å². The van der Waals surface area contributed by atoms with Crippen LogP contribution in [0.5, 0.6) is 0 Å². The molecule has 0 saturated heterocycles. The third kappa shape index (κ3) is 3.16. The molecule has 1 aliphatic carbocycles. The summed E-state index contributed by atoms with van der Waals surface area (Å²) in [6.07, 6.45) is 3.83. The molecule has 0 aromatic carbocycles. The van der Waals surface area contributed by atoms with Gasteiger partial charge in [-0.05, 0) is 32.7 Å². The van der Waals surface area contributed by atoms with Crippen molar-refractivity contribution in [2.24, 2.45) is 11.1 Å². The standard InChI is InChI=1S/C12H26N2O/c1-9(13)6-5-7-14-10-8-11(15-4)12(10,2)3/h9-11,14H,5-8,13H2,1-4H3. The lowest BCUT2D eigenvalue weighted by Gasteiger charge is -2.51. The summed E-state index contributed by atoms with van der Waals surface area (Å²) < 4.78 is 5.42. The number of nitrogens with one attached hydrogen (secondary N) is 1. The van der Waals surface area contributed by atoms with Gasteiger partial charge in [-0.15, -0.1) is 0 Å². The first-order chi connectivity index (χ1) is 6.98. The fraction of sp³-hybridized carbons (Fsp3) is 1.00. The Kier molecular flexibility index (Phi) is 4.56. The van der Waals surface area contributed by atoms with E-state index in [2.05, 4.69) is 26.1 Å². The number of hydrogen-bond acceptors (Lipinski definition) is 3. The molecule has 1 saturated carbocycles. The smallest absolute Gasteiger partial charge is 0.0652 e. The topological polar surface area (TPSA) is 47.3 Å². The number of rotatable bonds is 6. The van der Waals surface area contributed by atoms with Crippen LogP contribution < -0.4 is 11.1 Å². The predicted octanol–water partition coefficient (Wildman–Crippen LogP) is 1.52. The van der Waals surface area contributed by atoms with Gasteiger partial charge in [0, 0.05) is 24.6 Å². The van der Waals surface area contributed by atoms with Crippen LogP contribution in [0.15, 0.2) is 0 Å². The number of nitrogens with two attached hydrogens (primary N) is 1. The van der Waals surface area contributed by atoms with E-state index >= 15 is 0 Å². The van der Waals surface area contributed by atoms with Crippen molar-refractivity contribution in [3.63, 3.8) is 0 Å². The van der Waals surface area contributed by atoms with Gasteiger partial charge in [-0.25, -0.2) is 0 Å². The molecule has 0 aromatic heterocycles. The zero-order valence-electron chi connectivity index (χ0n) is 10.5. The molecule has 0 radical (unpaired) electrons. The molecular formula is C12H26N2O. The van der Waals surface area contributed by atoms with Gasteiger partial charge in [0.2, 0.25) is 0 Å². The van der Waals surface area contributed by atoms with Crippen molar-refractivity contribution < 1.29 is 4.74 Å². The second kappa shape index (κ2) is 5.28. The van der Waals surface area contributed by atoms with E-state index in [-0.39, 0.29) is 5.41 Å². The zero-order chi connectivity index (χ0) is 11.5. The van der Waals surface area contributed by atoms with E-state index < -0.39 is 0 Å². The largest absolute Gasteiger partial charge is 0.381 e. The number of ether oxygens (including phenoxy) is 1.